The maximum atomic E-state index is 11.4. The second kappa shape index (κ2) is 18.4. The monoisotopic (exact) mass is 478 g/mol. The van der Waals surface area contributed by atoms with E-state index < -0.39 is 6.16 Å². The number of ether oxygens (including phenoxy) is 2. The van der Waals surface area contributed by atoms with Crippen LogP contribution in [0.25, 0.3) is 0 Å². The molecular weight excluding hydrogens is 428 g/mol. The summed E-state index contributed by atoms with van der Waals surface area (Å²) in [4.78, 5) is 11.4. The lowest BCUT2D eigenvalue weighted by Crippen LogP contribution is -2.11. The molecule has 0 unspecified atom stereocenters. The first-order valence-corrected chi connectivity index (χ1v) is 13.9. The minimum atomic E-state index is -1.43. The average Bonchev–Trinajstić information content (AvgIpc) is 2.81. The van der Waals surface area contributed by atoms with Crippen molar-refractivity contribution in [2.75, 3.05) is 7.11 Å². The van der Waals surface area contributed by atoms with Crippen LogP contribution < -0.4 is 9.47 Å². The van der Waals surface area contributed by atoms with Gasteiger partial charge in [-0.25, -0.2) is 4.79 Å². The Morgan fingerprint density at radius 1 is 0.618 bits per heavy atom. The van der Waals surface area contributed by atoms with Gasteiger partial charge >= 0.3 is 6.16 Å². The lowest BCUT2D eigenvalue weighted by molar-refractivity contribution is 0.141. The molecule has 0 atom stereocenters. The third-order valence-electron chi connectivity index (χ3n) is 6.69. The number of hydrogen-bond acceptors (Lipinski definition) is 4. The fourth-order valence-electron chi connectivity index (χ4n) is 4.79. The third kappa shape index (κ3) is 10.6. The Labute approximate surface area is 208 Å². The van der Waals surface area contributed by atoms with Crippen molar-refractivity contribution in [1.29, 1.82) is 0 Å². The molecule has 5 heteroatoms. The molecule has 0 heterocycles. The molecule has 0 fully saturated rings. The highest BCUT2D eigenvalue weighted by molar-refractivity contribution is 5.70. The predicted molar refractivity (Wildman–Crippen MR) is 141 cm³/mol. The van der Waals surface area contributed by atoms with Gasteiger partial charge in [-0.3, -0.25) is 0 Å². The first-order valence-electron chi connectivity index (χ1n) is 13.9. The summed E-state index contributed by atoms with van der Waals surface area (Å²) in [5, 5.41) is 20.5. The van der Waals surface area contributed by atoms with Gasteiger partial charge in [-0.05, 0) is 44.1 Å². The molecule has 0 aromatic heterocycles. The Kier molecular flexibility index (Phi) is 16.3. The van der Waals surface area contributed by atoms with Crippen LogP contribution in [0.5, 0.6) is 17.2 Å². The Bertz CT molecular complexity index is 698. The number of carbonyl (C=O) groups is 1. The van der Waals surface area contributed by atoms with Gasteiger partial charge in [-0.1, -0.05) is 97.8 Å². The number of benzene rings is 1. The van der Waals surface area contributed by atoms with Crippen LogP contribution in [0.1, 0.15) is 134 Å². The highest BCUT2D eigenvalue weighted by Gasteiger charge is 2.26. The van der Waals surface area contributed by atoms with Crippen LogP contribution in [0.4, 0.5) is 4.79 Å². The topological polar surface area (TPSA) is 76.0 Å². The Morgan fingerprint density at radius 2 is 1.03 bits per heavy atom. The molecule has 1 rings (SSSR count). The van der Waals surface area contributed by atoms with Crippen molar-refractivity contribution in [3.05, 3.63) is 16.7 Å². The highest BCUT2D eigenvalue weighted by atomic mass is 16.7. The van der Waals surface area contributed by atoms with Gasteiger partial charge in [0.1, 0.15) is 0 Å². The number of phenolic OH excluding ortho intramolecular Hbond substituents is 1. The maximum absolute atomic E-state index is 11.4. The van der Waals surface area contributed by atoms with Crippen molar-refractivity contribution in [3.8, 4) is 17.2 Å². The van der Waals surface area contributed by atoms with Crippen molar-refractivity contribution in [1.82, 2.24) is 0 Å². The van der Waals surface area contributed by atoms with Gasteiger partial charge < -0.3 is 19.7 Å². The minimum Gasteiger partial charge on any atom is -0.504 e. The van der Waals surface area contributed by atoms with Crippen molar-refractivity contribution < 1.29 is 24.5 Å². The van der Waals surface area contributed by atoms with E-state index in [9.17, 15) is 15.0 Å². The molecule has 0 saturated heterocycles. The number of methoxy groups -OCH3 is 1. The molecule has 2 N–H and O–H groups in total. The molecule has 0 spiro atoms. The molecule has 0 aliphatic heterocycles. The van der Waals surface area contributed by atoms with Gasteiger partial charge in [0.15, 0.2) is 11.5 Å². The first kappa shape index (κ1) is 30.1. The smallest absolute Gasteiger partial charge is 0.504 e. The molecule has 0 amide bonds. The number of aromatic hydroxyl groups is 1. The molecule has 34 heavy (non-hydrogen) atoms. The highest BCUT2D eigenvalue weighted by Crippen LogP contribution is 2.46. The van der Waals surface area contributed by atoms with Crippen LogP contribution >= 0.6 is 0 Å². The molecule has 1 aromatic carbocycles. The summed E-state index contributed by atoms with van der Waals surface area (Å²) in [6.45, 7) is 6.63. The van der Waals surface area contributed by atoms with Gasteiger partial charge in [0, 0.05) is 11.1 Å². The molecule has 1 aromatic rings. The Balaban J connectivity index is 3.32. The van der Waals surface area contributed by atoms with Gasteiger partial charge in [0.2, 0.25) is 5.75 Å². The van der Waals surface area contributed by atoms with E-state index in [1.165, 1.54) is 57.8 Å². The standard InChI is InChI=1S/C29H50O5/c1-5-8-11-14-17-20-23-24(21-18-15-12-9-6-2)26(30)28(34-29(31)32)27(33-4)25(23)22-19-16-13-10-7-3/h30H,5-22H2,1-4H3,(H,31,32). The zero-order valence-electron chi connectivity index (χ0n) is 22.3. The SMILES string of the molecule is CCCCCCCc1c(O)c(OC(=O)O)c(OC)c(CCCCCCC)c1CCCCCCC. The Hall–Kier alpha value is -1.91. The van der Waals surface area contributed by atoms with Crippen LogP contribution in [-0.4, -0.2) is 23.5 Å². The molecular formula is C29H50O5. The second-order valence-corrected chi connectivity index (χ2v) is 9.51. The van der Waals surface area contributed by atoms with E-state index in [2.05, 4.69) is 20.8 Å². The Morgan fingerprint density at radius 3 is 1.44 bits per heavy atom. The summed E-state index contributed by atoms with van der Waals surface area (Å²) in [6, 6.07) is 0. The summed E-state index contributed by atoms with van der Waals surface area (Å²) >= 11 is 0. The lowest BCUT2D eigenvalue weighted by Gasteiger charge is -2.23. The number of carboxylic acid groups (broad SMARTS) is 1. The first-order chi connectivity index (χ1) is 16.5. The largest absolute Gasteiger partial charge is 0.511 e. The summed E-state index contributed by atoms with van der Waals surface area (Å²) in [5.74, 6) is 0.318. The van der Waals surface area contributed by atoms with Crippen LogP contribution in [0, 0.1) is 0 Å². The van der Waals surface area contributed by atoms with Crippen LogP contribution in [0.3, 0.4) is 0 Å². The van der Waals surface area contributed by atoms with E-state index in [0.717, 1.165) is 74.5 Å². The number of rotatable bonds is 20. The second-order valence-electron chi connectivity index (χ2n) is 9.51. The van der Waals surface area contributed by atoms with Crippen molar-refractivity contribution >= 4 is 6.16 Å². The molecule has 0 aliphatic carbocycles. The molecule has 5 nitrogen and oxygen atoms in total. The van der Waals surface area contributed by atoms with E-state index in [4.69, 9.17) is 9.47 Å². The molecule has 0 bridgehead atoms. The van der Waals surface area contributed by atoms with E-state index in [-0.39, 0.29) is 11.5 Å². The zero-order chi connectivity index (χ0) is 25.2. The van der Waals surface area contributed by atoms with Crippen LogP contribution in [0.2, 0.25) is 0 Å². The van der Waals surface area contributed by atoms with E-state index in [1.54, 1.807) is 7.11 Å². The fourth-order valence-corrected chi connectivity index (χ4v) is 4.79. The number of phenols is 1. The van der Waals surface area contributed by atoms with Gasteiger partial charge in [-0.15, -0.1) is 0 Å². The minimum absolute atomic E-state index is 0.0307. The molecule has 196 valence electrons. The number of unbranched alkanes of at least 4 members (excludes halogenated alkanes) is 12. The third-order valence-corrected chi connectivity index (χ3v) is 6.69. The van der Waals surface area contributed by atoms with Gasteiger partial charge in [0.25, 0.3) is 0 Å². The van der Waals surface area contributed by atoms with Crippen molar-refractivity contribution in [2.45, 2.75) is 136 Å². The summed E-state index contributed by atoms with van der Waals surface area (Å²) in [6.07, 6.45) is 18.4. The van der Waals surface area contributed by atoms with E-state index >= 15 is 0 Å². The predicted octanol–water partition coefficient (Wildman–Crippen LogP) is 9.00. The zero-order valence-corrected chi connectivity index (χ0v) is 22.3. The van der Waals surface area contributed by atoms with Crippen molar-refractivity contribution in [2.24, 2.45) is 0 Å². The van der Waals surface area contributed by atoms with E-state index in [1.807, 2.05) is 0 Å². The van der Waals surface area contributed by atoms with Crippen LogP contribution in [0.15, 0.2) is 0 Å². The number of hydrogen-bond donors (Lipinski definition) is 2. The summed E-state index contributed by atoms with van der Waals surface area (Å²) in [5.41, 5.74) is 3.06. The molecule has 0 saturated carbocycles. The lowest BCUT2D eigenvalue weighted by atomic mass is 9.88. The fraction of sp³-hybridized carbons (Fsp3) is 0.759. The summed E-state index contributed by atoms with van der Waals surface area (Å²) in [7, 11) is 1.54. The molecule has 0 radical (unpaired) electrons. The molecule has 0 aliphatic rings. The maximum Gasteiger partial charge on any atom is 0.511 e. The van der Waals surface area contributed by atoms with E-state index in [0.29, 0.717) is 5.75 Å². The van der Waals surface area contributed by atoms with Gasteiger partial charge in [-0.2, -0.15) is 0 Å². The van der Waals surface area contributed by atoms with Crippen LogP contribution in [-0.2, 0) is 19.3 Å². The van der Waals surface area contributed by atoms with Gasteiger partial charge in [0.05, 0.1) is 7.11 Å². The average molecular weight is 479 g/mol. The quantitative estimate of drug-likeness (QED) is 0.111. The van der Waals surface area contributed by atoms with Crippen molar-refractivity contribution in [3.63, 3.8) is 0 Å². The summed E-state index contributed by atoms with van der Waals surface area (Å²) < 4.78 is 10.8. The normalized spacial score (nSPS) is 11.1.